The second kappa shape index (κ2) is 13.2. The molecule has 0 bridgehead atoms. The molecule has 3 amide bonds. The van der Waals surface area contributed by atoms with Crippen LogP contribution in [-0.4, -0.2) is 57.8 Å². The average Bonchev–Trinajstić information content (AvgIpc) is 3.38. The lowest BCUT2D eigenvalue weighted by Gasteiger charge is -2.37. The number of piperidine rings is 1. The van der Waals surface area contributed by atoms with Gasteiger partial charge in [0.15, 0.2) is 5.82 Å². The van der Waals surface area contributed by atoms with Gasteiger partial charge in [-0.15, -0.1) is 12.3 Å². The van der Waals surface area contributed by atoms with Crippen LogP contribution >= 0.6 is 0 Å². The van der Waals surface area contributed by atoms with E-state index in [9.17, 15) is 9.59 Å². The molecule has 0 unspecified atom stereocenters. The van der Waals surface area contributed by atoms with E-state index in [1.807, 2.05) is 19.9 Å². The molecule has 2 fully saturated rings. The molecule has 2 saturated heterocycles. The van der Waals surface area contributed by atoms with Gasteiger partial charge >= 0.3 is 6.03 Å². The van der Waals surface area contributed by atoms with E-state index in [-0.39, 0.29) is 5.91 Å². The van der Waals surface area contributed by atoms with Crippen molar-refractivity contribution in [1.82, 2.24) is 25.3 Å². The summed E-state index contributed by atoms with van der Waals surface area (Å²) in [5.74, 6) is 3.74. The molecule has 0 radical (unpaired) electrons. The Bertz CT molecular complexity index is 1180. The summed E-state index contributed by atoms with van der Waals surface area (Å²) < 4.78 is 1.63. The molecule has 1 spiro atoms. The fraction of sp³-hybridized carbons (Fsp3) is 0.393. The number of urea groups is 1. The molecule has 0 saturated carbocycles. The molecule has 9 nitrogen and oxygen atoms in total. The number of allylic oxidation sites excluding steroid dienone is 5. The number of terminal acetylenes is 1. The van der Waals surface area contributed by atoms with E-state index >= 15 is 0 Å². The fourth-order valence-corrected chi connectivity index (χ4v) is 4.18. The highest BCUT2D eigenvalue weighted by Crippen LogP contribution is 2.31. The van der Waals surface area contributed by atoms with Crippen LogP contribution in [0.5, 0.6) is 0 Å². The van der Waals surface area contributed by atoms with Gasteiger partial charge in [0.25, 0.3) is 5.91 Å². The van der Waals surface area contributed by atoms with E-state index in [1.165, 1.54) is 0 Å². The first-order chi connectivity index (χ1) is 17.7. The number of imide groups is 1. The maximum atomic E-state index is 12.2. The normalized spacial score (nSPS) is 17.9. The minimum absolute atomic E-state index is 0.251. The highest BCUT2D eigenvalue weighted by atomic mass is 16.2. The van der Waals surface area contributed by atoms with Crippen molar-refractivity contribution in [2.24, 2.45) is 15.9 Å². The van der Waals surface area contributed by atoms with Gasteiger partial charge in [-0.25, -0.2) is 14.5 Å². The van der Waals surface area contributed by atoms with Crippen molar-refractivity contribution in [1.29, 1.82) is 0 Å². The Morgan fingerprint density at radius 2 is 1.97 bits per heavy atom. The third-order valence-electron chi connectivity index (χ3n) is 6.19. The highest BCUT2D eigenvalue weighted by Gasteiger charge is 2.47. The summed E-state index contributed by atoms with van der Waals surface area (Å²) >= 11 is 0. The summed E-state index contributed by atoms with van der Waals surface area (Å²) in [5.41, 5.74) is 1.98. The molecule has 37 heavy (non-hydrogen) atoms. The Hall–Kier alpha value is -4.19. The molecule has 196 valence electrons. The Morgan fingerprint density at radius 1 is 1.32 bits per heavy atom. The molecule has 9 heteroatoms. The van der Waals surface area contributed by atoms with Crippen LogP contribution in [0.2, 0.25) is 0 Å². The lowest BCUT2D eigenvalue weighted by Crippen LogP contribution is -2.55. The van der Waals surface area contributed by atoms with Crippen LogP contribution in [0.25, 0.3) is 11.8 Å². The molecule has 2 aliphatic heterocycles. The molecule has 3 rings (SSSR count). The largest absolute Gasteiger partial charge is 0.360 e. The summed E-state index contributed by atoms with van der Waals surface area (Å²) in [6, 6.07) is -0.426. The average molecular weight is 504 g/mol. The van der Waals surface area contributed by atoms with E-state index in [1.54, 1.807) is 30.2 Å². The third kappa shape index (κ3) is 6.94. The van der Waals surface area contributed by atoms with Crippen LogP contribution in [0.4, 0.5) is 10.6 Å². The number of carbonyl (C=O) groups is 2. The van der Waals surface area contributed by atoms with Crippen LogP contribution in [0.3, 0.4) is 0 Å². The first-order valence-electron chi connectivity index (χ1n) is 12.2. The summed E-state index contributed by atoms with van der Waals surface area (Å²) in [6.45, 7) is 18.5. The zero-order chi connectivity index (χ0) is 27.6. The van der Waals surface area contributed by atoms with Crippen molar-refractivity contribution in [3.05, 3.63) is 48.3 Å². The van der Waals surface area contributed by atoms with Crippen LogP contribution in [-0.2, 0) is 4.79 Å². The van der Waals surface area contributed by atoms with E-state index in [0.717, 1.165) is 22.5 Å². The Labute approximate surface area is 219 Å². The van der Waals surface area contributed by atoms with Crippen molar-refractivity contribution in [3.8, 4) is 12.3 Å². The van der Waals surface area contributed by atoms with Gasteiger partial charge in [-0.2, -0.15) is 5.10 Å². The number of carbonyl (C=O) groups excluding carboxylic acids is 2. The van der Waals surface area contributed by atoms with Crippen molar-refractivity contribution in [3.63, 3.8) is 0 Å². The quantitative estimate of drug-likeness (QED) is 0.187. The number of nitrogens with one attached hydrogen (secondary N) is 2. The maximum absolute atomic E-state index is 12.2. The minimum atomic E-state index is -0.821. The van der Waals surface area contributed by atoms with Gasteiger partial charge in [-0.05, 0) is 57.9 Å². The maximum Gasteiger partial charge on any atom is 0.322 e. The van der Waals surface area contributed by atoms with Gasteiger partial charge in [0.2, 0.25) is 0 Å². The van der Waals surface area contributed by atoms with Crippen molar-refractivity contribution < 1.29 is 9.59 Å². The number of nitrogens with zero attached hydrogens (tertiary/aromatic N) is 5. The fourth-order valence-electron chi connectivity index (χ4n) is 4.18. The van der Waals surface area contributed by atoms with Crippen LogP contribution in [0, 0.1) is 18.3 Å². The van der Waals surface area contributed by atoms with Gasteiger partial charge in [-0.1, -0.05) is 32.6 Å². The molecule has 2 aliphatic rings. The number of aromatic nitrogens is 2. The summed E-state index contributed by atoms with van der Waals surface area (Å²) in [7, 11) is 0. The second-order valence-electron chi connectivity index (χ2n) is 9.00. The first kappa shape index (κ1) is 29.0. The van der Waals surface area contributed by atoms with E-state index in [4.69, 9.17) is 4.99 Å². The molecule has 0 aromatic carbocycles. The van der Waals surface area contributed by atoms with Crippen LogP contribution in [0.15, 0.2) is 52.8 Å². The van der Waals surface area contributed by atoms with Gasteiger partial charge in [-0.3, -0.25) is 15.1 Å². The van der Waals surface area contributed by atoms with E-state index in [0.29, 0.717) is 37.7 Å². The second-order valence-corrected chi connectivity index (χ2v) is 9.00. The molecule has 3 heterocycles. The number of hydrogen-bond acceptors (Lipinski definition) is 5. The van der Waals surface area contributed by atoms with Gasteiger partial charge < -0.3 is 10.2 Å². The lowest BCUT2D eigenvalue weighted by atomic mass is 9.88. The summed E-state index contributed by atoms with van der Waals surface area (Å²) in [5, 5.41) is 9.57. The Morgan fingerprint density at radius 3 is 2.46 bits per heavy atom. The van der Waals surface area contributed by atoms with Crippen LogP contribution < -0.4 is 10.6 Å². The van der Waals surface area contributed by atoms with Crippen molar-refractivity contribution >= 4 is 42.1 Å². The smallest absolute Gasteiger partial charge is 0.322 e. The topological polar surface area (TPSA) is 104 Å². The lowest BCUT2D eigenvalue weighted by molar-refractivity contribution is -0.125. The predicted octanol–water partition coefficient (Wildman–Crippen LogP) is 4.55. The third-order valence-corrected chi connectivity index (χ3v) is 6.19. The van der Waals surface area contributed by atoms with Gasteiger partial charge in [0.1, 0.15) is 11.4 Å². The number of hydrogen-bond donors (Lipinski definition) is 2. The highest BCUT2D eigenvalue weighted by molar-refractivity contribution is 6.07. The molecule has 0 atom stereocenters. The molecule has 0 aliphatic carbocycles. The Kier molecular flexibility index (Phi) is 10.4. The summed E-state index contributed by atoms with van der Waals surface area (Å²) in [6.07, 6.45) is 16.9. The first-order valence-corrected chi connectivity index (χ1v) is 12.2. The van der Waals surface area contributed by atoms with E-state index < -0.39 is 11.6 Å². The minimum Gasteiger partial charge on any atom is -0.360 e. The van der Waals surface area contributed by atoms with Crippen molar-refractivity contribution in [2.45, 2.75) is 53.0 Å². The predicted molar refractivity (Wildman–Crippen MR) is 151 cm³/mol. The molecule has 1 aromatic rings. The van der Waals surface area contributed by atoms with Crippen LogP contribution in [0.1, 0.15) is 53.0 Å². The number of amides is 3. The number of rotatable bonds is 7. The zero-order valence-corrected chi connectivity index (χ0v) is 22.4. The number of likely N-dealkylation sites (tertiary alicyclic amines) is 1. The van der Waals surface area contributed by atoms with Crippen molar-refractivity contribution in [2.75, 3.05) is 13.1 Å². The van der Waals surface area contributed by atoms with E-state index in [2.05, 4.69) is 77.3 Å². The molecule has 2 N–H and O–H groups in total. The summed E-state index contributed by atoms with van der Waals surface area (Å²) in [4.78, 5) is 34.9. The standard InChI is InChI=1S/C25H33N7O2.C3H4/c1-7-9-19(17(3)4)14-20(15-26-6)21-16-27-32(8-2)22(21)28-18(5)31-12-10-25(11-13-31)23(33)29-24(34)30-25;1-3-2/h7-9,14-17H,2,6,10-13H2,1,3-5H3,(H2,29,30,33,34);1H,2H3/b9-7-,19-14-,20-15+,28-18+;. The number of aliphatic imine (C=N–C) groups is 2. The van der Waals surface area contributed by atoms with Gasteiger partial charge in [0.05, 0.1) is 6.20 Å². The molecular formula is C28H37N7O2. The molecule has 1 aromatic heterocycles. The Balaban J connectivity index is 0.00000153. The molecular weight excluding hydrogens is 466 g/mol. The monoisotopic (exact) mass is 503 g/mol. The van der Waals surface area contributed by atoms with Gasteiger partial charge in [0, 0.05) is 36.6 Å². The SMILES string of the molecule is C#CC.C=Cn1ncc(C(=C/N=C)/C=C(/C=C\C)C(C)C)c1/N=C(\C)N1CCC2(CC1)NC(=O)NC2=O. The number of amidine groups is 1. The zero-order valence-electron chi connectivity index (χ0n) is 22.4.